The number of cyclic esters (lactones) is 3. The van der Waals surface area contributed by atoms with Crippen molar-refractivity contribution in [2.75, 3.05) is 21.3 Å². The van der Waals surface area contributed by atoms with Crippen LogP contribution in [0.2, 0.25) is 0 Å². The molecule has 6 atom stereocenters. The SMILES string of the molecule is COc1cccc([C@@H]2OC(=O)N[C@@H]2c2cccc(Br)c2)c1.COc1cccc([C@@H]2OC(=O)N[C@H]2c2cccc(Br)c2)c1.COc1cccc([C@H]2OC(=O)N[C@@H]2c2cccc(Br)c2)c1. The number of amides is 3. The summed E-state index contributed by atoms with van der Waals surface area (Å²) in [5.74, 6) is 2.22. The van der Waals surface area contributed by atoms with E-state index in [0.717, 1.165) is 64.0 Å². The molecule has 3 N–H and O–H groups in total. The Hall–Kier alpha value is -6.03. The maximum atomic E-state index is 11.7. The van der Waals surface area contributed by atoms with Crippen molar-refractivity contribution in [3.8, 4) is 17.2 Å². The van der Waals surface area contributed by atoms with Crippen LogP contribution in [0.3, 0.4) is 0 Å². The van der Waals surface area contributed by atoms with E-state index < -0.39 is 18.3 Å². The van der Waals surface area contributed by atoms with E-state index in [9.17, 15) is 14.4 Å². The predicted molar refractivity (Wildman–Crippen MR) is 247 cm³/mol. The molecule has 9 rings (SSSR count). The molecule has 324 valence electrons. The molecule has 0 unspecified atom stereocenters. The van der Waals surface area contributed by atoms with Gasteiger partial charge in [0.2, 0.25) is 0 Å². The largest absolute Gasteiger partial charge is 0.497 e. The van der Waals surface area contributed by atoms with Crippen LogP contribution in [0.15, 0.2) is 159 Å². The van der Waals surface area contributed by atoms with Gasteiger partial charge in [0.1, 0.15) is 17.2 Å². The van der Waals surface area contributed by atoms with E-state index in [0.29, 0.717) is 0 Å². The van der Waals surface area contributed by atoms with Crippen molar-refractivity contribution in [3.05, 3.63) is 192 Å². The van der Waals surface area contributed by atoms with E-state index in [4.69, 9.17) is 28.4 Å². The zero-order chi connectivity index (χ0) is 44.5. The Bertz CT molecular complexity index is 2300. The number of carbonyl (C=O) groups is 3. The Balaban J connectivity index is 0.000000142. The highest BCUT2D eigenvalue weighted by Crippen LogP contribution is 2.41. The fourth-order valence-electron chi connectivity index (χ4n) is 7.37. The van der Waals surface area contributed by atoms with Crippen molar-refractivity contribution in [2.24, 2.45) is 0 Å². The van der Waals surface area contributed by atoms with Crippen molar-refractivity contribution >= 4 is 66.1 Å². The molecule has 6 aromatic rings. The Morgan fingerprint density at radius 3 is 0.889 bits per heavy atom. The lowest BCUT2D eigenvalue weighted by atomic mass is 9.96. The molecule has 3 heterocycles. The van der Waals surface area contributed by atoms with Gasteiger partial charge >= 0.3 is 18.3 Å². The van der Waals surface area contributed by atoms with Gasteiger partial charge in [0, 0.05) is 13.4 Å². The van der Waals surface area contributed by atoms with Crippen LogP contribution in [0.25, 0.3) is 0 Å². The summed E-state index contributed by atoms with van der Waals surface area (Å²) in [4.78, 5) is 35.0. The van der Waals surface area contributed by atoms with Gasteiger partial charge in [-0.15, -0.1) is 0 Å². The summed E-state index contributed by atoms with van der Waals surface area (Å²) in [6.45, 7) is 0. The van der Waals surface area contributed by atoms with Crippen LogP contribution in [0.4, 0.5) is 14.4 Å². The number of benzene rings is 6. The first kappa shape index (κ1) is 45.0. The Morgan fingerprint density at radius 1 is 0.381 bits per heavy atom. The number of hydrogen-bond acceptors (Lipinski definition) is 9. The van der Waals surface area contributed by atoms with E-state index in [1.165, 1.54) is 0 Å². The monoisotopic (exact) mass is 1040 g/mol. The van der Waals surface area contributed by atoms with Gasteiger partial charge in [0.15, 0.2) is 18.3 Å². The highest BCUT2D eigenvalue weighted by molar-refractivity contribution is 9.11. The fourth-order valence-corrected chi connectivity index (χ4v) is 8.62. The molecule has 0 aliphatic carbocycles. The van der Waals surface area contributed by atoms with Crippen molar-refractivity contribution < 1.29 is 42.8 Å². The van der Waals surface area contributed by atoms with Crippen molar-refractivity contribution in [1.29, 1.82) is 0 Å². The van der Waals surface area contributed by atoms with Crippen LogP contribution in [0, 0.1) is 0 Å². The first-order valence-electron chi connectivity index (χ1n) is 19.6. The molecular formula is C48H42Br3N3O9. The number of alkyl carbamates (subject to hydrolysis) is 3. The van der Waals surface area contributed by atoms with Gasteiger partial charge in [0.05, 0.1) is 39.5 Å². The molecule has 0 aromatic heterocycles. The number of methoxy groups -OCH3 is 3. The number of carbonyl (C=O) groups excluding carboxylic acids is 3. The molecule has 0 spiro atoms. The predicted octanol–water partition coefficient (Wildman–Crippen LogP) is 11.9. The van der Waals surface area contributed by atoms with Crippen LogP contribution in [-0.4, -0.2) is 39.6 Å². The average molecular weight is 1040 g/mol. The highest BCUT2D eigenvalue weighted by atomic mass is 79.9. The van der Waals surface area contributed by atoms with Gasteiger partial charge in [-0.05, 0) is 106 Å². The summed E-state index contributed by atoms with van der Waals surface area (Å²) in [6, 6.07) is 45.5. The van der Waals surface area contributed by atoms with E-state index >= 15 is 0 Å². The van der Waals surface area contributed by atoms with Crippen molar-refractivity contribution in [1.82, 2.24) is 16.0 Å². The number of halogens is 3. The summed E-state index contributed by atoms with van der Waals surface area (Å²) in [6.07, 6.45) is -2.35. The lowest BCUT2D eigenvalue weighted by Gasteiger charge is -2.18. The number of ether oxygens (including phenoxy) is 6. The molecule has 15 heteroatoms. The third-order valence-corrected chi connectivity index (χ3v) is 11.8. The summed E-state index contributed by atoms with van der Waals surface area (Å²) >= 11 is 10.3. The minimum atomic E-state index is -0.409. The second kappa shape index (κ2) is 20.9. The normalized spacial score (nSPS) is 20.8. The third-order valence-electron chi connectivity index (χ3n) is 10.3. The molecule has 3 aliphatic rings. The second-order valence-electron chi connectivity index (χ2n) is 14.3. The van der Waals surface area contributed by atoms with E-state index in [2.05, 4.69) is 63.7 Å². The molecule has 0 radical (unpaired) electrons. The van der Waals surface area contributed by atoms with Crippen molar-refractivity contribution in [2.45, 2.75) is 36.4 Å². The third kappa shape index (κ3) is 11.3. The molecular weight excluding hydrogens is 1000 g/mol. The summed E-state index contributed by atoms with van der Waals surface area (Å²) in [5.41, 5.74) is 5.67. The number of nitrogens with one attached hydrogen (secondary N) is 3. The average Bonchev–Trinajstić information content (AvgIpc) is 4.03. The maximum absolute atomic E-state index is 11.7. The van der Waals surface area contributed by atoms with Gasteiger partial charge in [-0.25, -0.2) is 14.4 Å². The van der Waals surface area contributed by atoms with Gasteiger partial charge < -0.3 is 44.4 Å². The lowest BCUT2D eigenvalue weighted by molar-refractivity contribution is 0.131. The Morgan fingerprint density at radius 2 is 0.635 bits per heavy atom. The van der Waals surface area contributed by atoms with E-state index in [-0.39, 0.29) is 36.4 Å². The van der Waals surface area contributed by atoms with E-state index in [1.54, 1.807) is 21.3 Å². The molecule has 12 nitrogen and oxygen atoms in total. The standard InChI is InChI=1S/3C16H14BrNO3/c3*1-20-13-7-3-5-11(9-13)15-14(18-16(19)21-15)10-4-2-6-12(17)8-10/h3*2-9,14-15H,1H3,(H,18,19)/t14-,15+;2*14-,15-/m110/s1. The van der Waals surface area contributed by atoms with Crippen molar-refractivity contribution in [3.63, 3.8) is 0 Å². The number of rotatable bonds is 9. The second-order valence-corrected chi connectivity index (χ2v) is 17.1. The Kier molecular flexibility index (Phi) is 14.9. The molecule has 6 aromatic carbocycles. The minimum absolute atomic E-state index is 0.220. The Labute approximate surface area is 390 Å². The van der Waals surface area contributed by atoms with Crippen LogP contribution in [-0.2, 0) is 14.2 Å². The van der Waals surface area contributed by atoms with Gasteiger partial charge in [-0.3, -0.25) is 0 Å². The zero-order valence-electron chi connectivity index (χ0n) is 34.1. The quantitative estimate of drug-likeness (QED) is 0.121. The molecule has 3 amide bonds. The lowest BCUT2D eigenvalue weighted by Crippen LogP contribution is -2.19. The zero-order valence-corrected chi connectivity index (χ0v) is 38.9. The molecule has 63 heavy (non-hydrogen) atoms. The number of hydrogen-bond donors (Lipinski definition) is 3. The van der Waals surface area contributed by atoms with Crippen LogP contribution in [0.5, 0.6) is 17.2 Å². The van der Waals surface area contributed by atoms with Crippen LogP contribution < -0.4 is 30.2 Å². The first-order chi connectivity index (χ1) is 30.5. The van der Waals surface area contributed by atoms with Crippen LogP contribution >= 0.6 is 47.8 Å². The molecule has 0 bridgehead atoms. The summed E-state index contributed by atoms with van der Waals surface area (Å²) < 4.78 is 34.9. The molecule has 3 fully saturated rings. The maximum Gasteiger partial charge on any atom is 0.408 e. The fraction of sp³-hybridized carbons (Fsp3) is 0.188. The highest BCUT2D eigenvalue weighted by Gasteiger charge is 2.39. The summed E-state index contributed by atoms with van der Waals surface area (Å²) in [5, 5.41) is 8.58. The van der Waals surface area contributed by atoms with Gasteiger partial charge in [-0.1, -0.05) is 121 Å². The van der Waals surface area contributed by atoms with Gasteiger partial charge in [-0.2, -0.15) is 0 Å². The van der Waals surface area contributed by atoms with Gasteiger partial charge in [0.25, 0.3) is 0 Å². The van der Waals surface area contributed by atoms with Crippen LogP contribution in [0.1, 0.15) is 69.8 Å². The smallest absolute Gasteiger partial charge is 0.408 e. The topological polar surface area (TPSA) is 143 Å². The minimum Gasteiger partial charge on any atom is -0.497 e. The molecule has 0 saturated carbocycles. The first-order valence-corrected chi connectivity index (χ1v) is 22.0. The molecule has 3 saturated heterocycles. The van der Waals surface area contributed by atoms with E-state index in [1.807, 2.05) is 146 Å². The summed E-state index contributed by atoms with van der Waals surface area (Å²) in [7, 11) is 4.84. The molecule has 3 aliphatic heterocycles.